The third-order valence-corrected chi connectivity index (χ3v) is 3.48. The van der Waals surface area contributed by atoms with Crippen molar-refractivity contribution in [1.82, 2.24) is 15.1 Å². The Balaban J connectivity index is 2.15. The molecule has 18 heavy (non-hydrogen) atoms. The number of nitrogens with zero attached hydrogens (tertiary/aromatic N) is 2. The van der Waals surface area contributed by atoms with Crippen LogP contribution in [0.3, 0.4) is 0 Å². The summed E-state index contributed by atoms with van der Waals surface area (Å²) in [6.07, 6.45) is 0. The van der Waals surface area contributed by atoms with Crippen LogP contribution in [0.25, 0.3) is 0 Å². The largest absolute Gasteiger partial charge is 0.316 e. The minimum Gasteiger partial charge on any atom is -0.316 e. The second-order valence-electron chi connectivity index (χ2n) is 4.80. The number of aromatic nitrogens is 2. The van der Waals surface area contributed by atoms with Crippen molar-refractivity contribution in [3.8, 4) is 0 Å². The van der Waals surface area contributed by atoms with Gasteiger partial charge in [0.15, 0.2) is 0 Å². The molecule has 0 amide bonds. The summed E-state index contributed by atoms with van der Waals surface area (Å²) in [7, 11) is 1.96. The van der Waals surface area contributed by atoms with E-state index in [9.17, 15) is 0 Å². The second kappa shape index (κ2) is 5.36. The monoisotopic (exact) mass is 243 g/mol. The SMILES string of the molecule is CNCc1ccc(Cn2nc(C)c(C)c2C)cc1. The Bertz CT molecular complexity index is 523. The molecular formula is C15H21N3. The van der Waals surface area contributed by atoms with Crippen molar-refractivity contribution < 1.29 is 0 Å². The summed E-state index contributed by atoms with van der Waals surface area (Å²) in [4.78, 5) is 0. The number of hydrogen-bond donors (Lipinski definition) is 1. The first-order valence-corrected chi connectivity index (χ1v) is 6.35. The maximum absolute atomic E-state index is 4.57. The zero-order valence-electron chi connectivity index (χ0n) is 11.6. The molecule has 0 saturated heterocycles. The predicted molar refractivity (Wildman–Crippen MR) is 74.7 cm³/mol. The van der Waals surface area contributed by atoms with Crippen LogP contribution in [0.15, 0.2) is 24.3 Å². The van der Waals surface area contributed by atoms with Crippen molar-refractivity contribution in [3.63, 3.8) is 0 Å². The van der Waals surface area contributed by atoms with Crippen LogP contribution in [0.1, 0.15) is 28.1 Å². The van der Waals surface area contributed by atoms with E-state index >= 15 is 0 Å². The summed E-state index contributed by atoms with van der Waals surface area (Å²) >= 11 is 0. The fourth-order valence-corrected chi connectivity index (χ4v) is 2.08. The van der Waals surface area contributed by atoms with Gasteiger partial charge in [-0.3, -0.25) is 4.68 Å². The van der Waals surface area contributed by atoms with Gasteiger partial charge in [-0.2, -0.15) is 5.10 Å². The first-order valence-electron chi connectivity index (χ1n) is 6.35. The van der Waals surface area contributed by atoms with Crippen molar-refractivity contribution in [2.75, 3.05) is 7.05 Å². The fourth-order valence-electron chi connectivity index (χ4n) is 2.08. The standard InChI is InChI=1S/C15H21N3/c1-11-12(2)17-18(13(11)3)10-15-7-5-14(6-8-15)9-16-4/h5-8,16H,9-10H2,1-4H3. The van der Waals surface area contributed by atoms with Gasteiger partial charge in [0.1, 0.15) is 0 Å². The summed E-state index contributed by atoms with van der Waals surface area (Å²) in [5, 5.41) is 7.72. The molecule has 0 aliphatic heterocycles. The predicted octanol–water partition coefficient (Wildman–Crippen LogP) is 2.58. The van der Waals surface area contributed by atoms with E-state index in [1.807, 2.05) is 7.05 Å². The maximum atomic E-state index is 4.57. The molecule has 1 aromatic heterocycles. The molecular weight excluding hydrogens is 222 g/mol. The van der Waals surface area contributed by atoms with Crippen LogP contribution in [0, 0.1) is 20.8 Å². The topological polar surface area (TPSA) is 29.9 Å². The number of rotatable bonds is 4. The van der Waals surface area contributed by atoms with Gasteiger partial charge in [0.25, 0.3) is 0 Å². The smallest absolute Gasteiger partial charge is 0.0662 e. The first-order chi connectivity index (χ1) is 8.61. The van der Waals surface area contributed by atoms with E-state index in [-0.39, 0.29) is 0 Å². The Hall–Kier alpha value is -1.61. The molecule has 96 valence electrons. The third-order valence-electron chi connectivity index (χ3n) is 3.48. The van der Waals surface area contributed by atoms with E-state index in [0.717, 1.165) is 18.8 Å². The highest BCUT2D eigenvalue weighted by Gasteiger charge is 2.07. The van der Waals surface area contributed by atoms with Gasteiger partial charge in [0, 0.05) is 12.2 Å². The van der Waals surface area contributed by atoms with E-state index in [2.05, 4.69) is 60.1 Å². The molecule has 1 N–H and O–H groups in total. The minimum absolute atomic E-state index is 0.848. The van der Waals surface area contributed by atoms with Gasteiger partial charge in [-0.05, 0) is 44.5 Å². The van der Waals surface area contributed by atoms with E-state index in [4.69, 9.17) is 0 Å². The third kappa shape index (κ3) is 2.62. The number of benzene rings is 1. The second-order valence-corrected chi connectivity index (χ2v) is 4.80. The Morgan fingerprint density at radius 2 is 1.67 bits per heavy atom. The molecule has 3 nitrogen and oxygen atoms in total. The van der Waals surface area contributed by atoms with Gasteiger partial charge in [-0.1, -0.05) is 24.3 Å². The molecule has 1 heterocycles. The van der Waals surface area contributed by atoms with Crippen molar-refractivity contribution in [1.29, 1.82) is 0 Å². The minimum atomic E-state index is 0.848. The zero-order chi connectivity index (χ0) is 13.1. The van der Waals surface area contributed by atoms with E-state index in [1.54, 1.807) is 0 Å². The van der Waals surface area contributed by atoms with Crippen LogP contribution in [-0.4, -0.2) is 16.8 Å². The summed E-state index contributed by atoms with van der Waals surface area (Å²) in [6.45, 7) is 8.09. The molecule has 0 atom stereocenters. The van der Waals surface area contributed by atoms with Gasteiger partial charge < -0.3 is 5.32 Å². The van der Waals surface area contributed by atoms with Crippen molar-refractivity contribution in [2.24, 2.45) is 0 Å². The molecule has 0 aliphatic carbocycles. The lowest BCUT2D eigenvalue weighted by molar-refractivity contribution is 0.658. The number of aryl methyl sites for hydroxylation is 1. The van der Waals surface area contributed by atoms with Crippen LogP contribution < -0.4 is 5.32 Å². The summed E-state index contributed by atoms with van der Waals surface area (Å²) in [5.41, 5.74) is 6.28. The van der Waals surface area contributed by atoms with Crippen molar-refractivity contribution in [3.05, 3.63) is 52.3 Å². The van der Waals surface area contributed by atoms with Crippen LogP contribution in [0.4, 0.5) is 0 Å². The molecule has 3 heteroatoms. The molecule has 0 bridgehead atoms. The Morgan fingerprint density at radius 1 is 1.06 bits per heavy atom. The molecule has 0 unspecified atom stereocenters. The summed E-state index contributed by atoms with van der Waals surface area (Å²) in [5.74, 6) is 0. The molecule has 0 spiro atoms. The zero-order valence-corrected chi connectivity index (χ0v) is 11.6. The average molecular weight is 243 g/mol. The van der Waals surface area contributed by atoms with Crippen LogP contribution >= 0.6 is 0 Å². The van der Waals surface area contributed by atoms with Crippen molar-refractivity contribution in [2.45, 2.75) is 33.9 Å². The van der Waals surface area contributed by atoms with E-state index < -0.39 is 0 Å². The van der Waals surface area contributed by atoms with Gasteiger partial charge in [0.2, 0.25) is 0 Å². The molecule has 0 fully saturated rings. The lowest BCUT2D eigenvalue weighted by atomic mass is 10.1. The van der Waals surface area contributed by atoms with Gasteiger partial charge in [-0.25, -0.2) is 0 Å². The highest BCUT2D eigenvalue weighted by atomic mass is 15.3. The maximum Gasteiger partial charge on any atom is 0.0662 e. The van der Waals surface area contributed by atoms with E-state index in [1.165, 1.54) is 22.4 Å². The quantitative estimate of drug-likeness (QED) is 0.894. The Morgan fingerprint density at radius 3 is 2.17 bits per heavy atom. The highest BCUT2D eigenvalue weighted by molar-refractivity contribution is 5.26. The Labute approximate surface area is 109 Å². The van der Waals surface area contributed by atoms with Crippen LogP contribution in [0.2, 0.25) is 0 Å². The normalized spacial score (nSPS) is 10.9. The molecule has 2 aromatic rings. The highest BCUT2D eigenvalue weighted by Crippen LogP contribution is 2.13. The molecule has 0 saturated carbocycles. The van der Waals surface area contributed by atoms with Gasteiger partial charge in [-0.15, -0.1) is 0 Å². The lowest BCUT2D eigenvalue weighted by Crippen LogP contribution is -2.06. The van der Waals surface area contributed by atoms with Crippen LogP contribution in [0.5, 0.6) is 0 Å². The van der Waals surface area contributed by atoms with Crippen molar-refractivity contribution >= 4 is 0 Å². The fraction of sp³-hybridized carbons (Fsp3) is 0.400. The molecule has 0 aliphatic rings. The average Bonchev–Trinajstić information content (AvgIpc) is 2.60. The van der Waals surface area contributed by atoms with E-state index in [0.29, 0.717) is 0 Å². The van der Waals surface area contributed by atoms with Gasteiger partial charge in [0.05, 0.1) is 12.2 Å². The summed E-state index contributed by atoms with van der Waals surface area (Å²) in [6, 6.07) is 8.70. The summed E-state index contributed by atoms with van der Waals surface area (Å²) < 4.78 is 2.08. The lowest BCUT2D eigenvalue weighted by Gasteiger charge is -2.06. The Kier molecular flexibility index (Phi) is 3.82. The van der Waals surface area contributed by atoms with Gasteiger partial charge >= 0.3 is 0 Å². The molecule has 2 rings (SSSR count). The molecule has 1 aromatic carbocycles. The first kappa shape index (κ1) is 12.8. The van der Waals surface area contributed by atoms with Crippen LogP contribution in [-0.2, 0) is 13.1 Å². The number of hydrogen-bond acceptors (Lipinski definition) is 2. The molecule has 0 radical (unpaired) electrons. The number of nitrogens with one attached hydrogen (secondary N) is 1.